The molecule has 25 heavy (non-hydrogen) atoms. The largest absolute Gasteiger partial charge is 0.497 e. The first kappa shape index (κ1) is 17.5. The molecule has 3 rings (SSSR count). The quantitative estimate of drug-likeness (QED) is 0.840. The first-order chi connectivity index (χ1) is 12.1. The minimum Gasteiger partial charge on any atom is -0.497 e. The summed E-state index contributed by atoms with van der Waals surface area (Å²) in [6, 6.07) is 17.8. The lowest BCUT2D eigenvalue weighted by Crippen LogP contribution is -2.40. The molecule has 2 N–H and O–H groups in total. The summed E-state index contributed by atoms with van der Waals surface area (Å²) in [7, 11) is 1.65. The van der Waals surface area contributed by atoms with E-state index >= 15 is 0 Å². The van der Waals surface area contributed by atoms with Crippen molar-refractivity contribution in [1.82, 2.24) is 4.90 Å². The molecule has 0 heterocycles. The maximum absolute atomic E-state index is 13.1. The number of nitrogens with zero attached hydrogens (tertiary/aromatic N) is 1. The van der Waals surface area contributed by atoms with Crippen molar-refractivity contribution in [3.63, 3.8) is 0 Å². The van der Waals surface area contributed by atoms with Crippen LogP contribution in [0.1, 0.15) is 36.9 Å². The first-order valence-corrected chi connectivity index (χ1v) is 8.84. The van der Waals surface area contributed by atoms with Gasteiger partial charge in [-0.1, -0.05) is 49.4 Å². The van der Waals surface area contributed by atoms with E-state index in [1.807, 2.05) is 66.4 Å². The van der Waals surface area contributed by atoms with Crippen molar-refractivity contribution < 1.29 is 9.53 Å². The lowest BCUT2D eigenvalue weighted by Gasteiger charge is -2.29. The van der Waals surface area contributed by atoms with Gasteiger partial charge in [-0.15, -0.1) is 0 Å². The highest BCUT2D eigenvalue weighted by atomic mass is 16.5. The molecule has 0 aliphatic heterocycles. The average Bonchev–Trinajstić information content (AvgIpc) is 3.50. The maximum atomic E-state index is 13.1. The van der Waals surface area contributed by atoms with Crippen molar-refractivity contribution in [2.45, 2.75) is 38.4 Å². The fraction of sp³-hybridized carbons (Fsp3) is 0.381. The van der Waals surface area contributed by atoms with Crippen molar-refractivity contribution in [1.29, 1.82) is 0 Å². The van der Waals surface area contributed by atoms with Gasteiger partial charge in [-0.3, -0.25) is 4.79 Å². The van der Waals surface area contributed by atoms with E-state index in [4.69, 9.17) is 10.5 Å². The number of rotatable bonds is 7. The van der Waals surface area contributed by atoms with E-state index in [9.17, 15) is 4.79 Å². The summed E-state index contributed by atoms with van der Waals surface area (Å²) in [5.41, 5.74) is 8.48. The molecular formula is C21H26N2O2. The van der Waals surface area contributed by atoms with Crippen molar-refractivity contribution in [3.05, 3.63) is 65.7 Å². The predicted octanol–water partition coefficient (Wildman–Crippen LogP) is 3.52. The second kappa shape index (κ2) is 7.70. The van der Waals surface area contributed by atoms with Crippen LogP contribution < -0.4 is 10.5 Å². The summed E-state index contributed by atoms with van der Waals surface area (Å²) in [4.78, 5) is 15.1. The molecule has 0 radical (unpaired) electrons. The molecule has 4 heteroatoms. The molecule has 132 valence electrons. The van der Waals surface area contributed by atoms with Gasteiger partial charge in [-0.2, -0.15) is 0 Å². The van der Waals surface area contributed by atoms with Gasteiger partial charge in [0.2, 0.25) is 5.91 Å². The monoisotopic (exact) mass is 338 g/mol. The van der Waals surface area contributed by atoms with Crippen molar-refractivity contribution in [2.24, 2.45) is 11.7 Å². The van der Waals surface area contributed by atoms with Crippen molar-refractivity contribution in [3.8, 4) is 5.75 Å². The van der Waals surface area contributed by atoms with Crippen LogP contribution in [0.25, 0.3) is 0 Å². The Hall–Kier alpha value is -2.33. The fourth-order valence-corrected chi connectivity index (χ4v) is 3.08. The molecule has 1 amide bonds. The minimum absolute atomic E-state index is 0.134. The molecule has 2 aromatic carbocycles. The summed E-state index contributed by atoms with van der Waals surface area (Å²) >= 11 is 0. The fourth-order valence-electron chi connectivity index (χ4n) is 3.08. The van der Waals surface area contributed by atoms with Crippen molar-refractivity contribution in [2.75, 3.05) is 7.11 Å². The zero-order chi connectivity index (χ0) is 17.8. The third-order valence-corrected chi connectivity index (χ3v) is 4.90. The van der Waals surface area contributed by atoms with Gasteiger partial charge < -0.3 is 15.4 Å². The summed E-state index contributed by atoms with van der Waals surface area (Å²) in [6.07, 6.45) is 2.16. The molecule has 1 saturated carbocycles. The van der Waals surface area contributed by atoms with Crippen LogP contribution in [0.5, 0.6) is 5.75 Å². The van der Waals surface area contributed by atoms with Gasteiger partial charge in [0, 0.05) is 18.6 Å². The van der Waals surface area contributed by atoms with Gasteiger partial charge in [0.05, 0.1) is 13.0 Å². The van der Waals surface area contributed by atoms with E-state index in [-0.39, 0.29) is 17.9 Å². The van der Waals surface area contributed by atoms with Crippen LogP contribution in [0, 0.1) is 5.92 Å². The number of benzene rings is 2. The van der Waals surface area contributed by atoms with Gasteiger partial charge >= 0.3 is 0 Å². The number of methoxy groups -OCH3 is 1. The number of hydrogen-bond donors (Lipinski definition) is 1. The Morgan fingerprint density at radius 3 is 2.36 bits per heavy atom. The van der Waals surface area contributed by atoms with Crippen molar-refractivity contribution >= 4 is 5.91 Å². The zero-order valence-corrected chi connectivity index (χ0v) is 14.9. The molecule has 0 aromatic heterocycles. The number of nitrogens with two attached hydrogens (primary N) is 1. The second-order valence-corrected chi connectivity index (χ2v) is 6.77. The molecule has 0 saturated heterocycles. The zero-order valence-electron chi connectivity index (χ0n) is 14.9. The summed E-state index contributed by atoms with van der Waals surface area (Å²) in [5, 5.41) is 0. The third-order valence-electron chi connectivity index (χ3n) is 4.90. The standard InChI is InChI=1S/C21H26N2O2/c1-15(20(22)17-6-4-3-5-7-17)21(24)23(18-10-11-18)14-16-8-12-19(25-2)13-9-16/h3-9,12-13,15,18,20H,10-11,14,22H2,1-2H3. The molecule has 4 nitrogen and oxygen atoms in total. The maximum Gasteiger partial charge on any atom is 0.227 e. The van der Waals surface area contributed by atoms with Crippen LogP contribution in [0.3, 0.4) is 0 Å². The third kappa shape index (κ3) is 4.20. The summed E-state index contributed by atoms with van der Waals surface area (Å²) in [6.45, 7) is 2.56. The minimum atomic E-state index is -0.286. The Bertz CT molecular complexity index is 696. The van der Waals surface area contributed by atoms with E-state index in [1.165, 1.54) is 0 Å². The molecule has 1 aliphatic rings. The number of carbonyl (C=O) groups is 1. The summed E-state index contributed by atoms with van der Waals surface area (Å²) in [5.74, 6) is 0.712. The molecular weight excluding hydrogens is 312 g/mol. The van der Waals surface area contributed by atoms with E-state index in [2.05, 4.69) is 0 Å². The molecule has 2 atom stereocenters. The van der Waals surface area contributed by atoms with Crippen LogP contribution in [-0.2, 0) is 11.3 Å². The first-order valence-electron chi connectivity index (χ1n) is 8.84. The lowest BCUT2D eigenvalue weighted by molar-refractivity contribution is -0.137. The van der Waals surface area contributed by atoms with Crippen LogP contribution in [0.15, 0.2) is 54.6 Å². The van der Waals surface area contributed by atoms with Gasteiger partial charge in [-0.05, 0) is 36.1 Å². The smallest absolute Gasteiger partial charge is 0.227 e. The Balaban J connectivity index is 1.72. The molecule has 1 aliphatic carbocycles. The molecule has 1 fully saturated rings. The highest BCUT2D eigenvalue weighted by molar-refractivity contribution is 5.80. The Labute approximate surface area is 149 Å². The number of amides is 1. The lowest BCUT2D eigenvalue weighted by atomic mass is 9.94. The molecule has 0 spiro atoms. The summed E-state index contributed by atoms with van der Waals surface area (Å²) < 4.78 is 5.20. The van der Waals surface area contributed by atoms with E-state index in [0.29, 0.717) is 12.6 Å². The van der Waals surface area contributed by atoms with Gasteiger partial charge in [-0.25, -0.2) is 0 Å². The van der Waals surface area contributed by atoms with Gasteiger partial charge in [0.15, 0.2) is 0 Å². The van der Waals surface area contributed by atoms with E-state index in [1.54, 1.807) is 7.11 Å². The van der Waals surface area contributed by atoms with Crippen LogP contribution in [0.2, 0.25) is 0 Å². The van der Waals surface area contributed by atoms with Crippen LogP contribution in [-0.4, -0.2) is 24.0 Å². The predicted molar refractivity (Wildman–Crippen MR) is 99.1 cm³/mol. The number of ether oxygens (including phenoxy) is 1. The van der Waals surface area contributed by atoms with Gasteiger partial charge in [0.25, 0.3) is 0 Å². The van der Waals surface area contributed by atoms with Crippen LogP contribution >= 0.6 is 0 Å². The Morgan fingerprint density at radius 2 is 1.80 bits per heavy atom. The van der Waals surface area contributed by atoms with Crippen LogP contribution in [0.4, 0.5) is 0 Å². The normalized spacial score (nSPS) is 16.1. The Kier molecular flexibility index (Phi) is 5.39. The Morgan fingerprint density at radius 1 is 1.16 bits per heavy atom. The second-order valence-electron chi connectivity index (χ2n) is 6.77. The molecule has 2 aromatic rings. The molecule has 2 unspecified atom stereocenters. The number of carbonyl (C=O) groups excluding carboxylic acids is 1. The molecule has 0 bridgehead atoms. The average molecular weight is 338 g/mol. The van der Waals surface area contributed by atoms with E-state index < -0.39 is 0 Å². The SMILES string of the molecule is COc1ccc(CN(C(=O)C(C)C(N)c2ccccc2)C2CC2)cc1. The highest BCUT2D eigenvalue weighted by Gasteiger charge is 2.36. The van der Waals surface area contributed by atoms with Gasteiger partial charge in [0.1, 0.15) is 5.75 Å². The topological polar surface area (TPSA) is 55.6 Å². The van der Waals surface area contributed by atoms with E-state index in [0.717, 1.165) is 29.7 Å². The number of hydrogen-bond acceptors (Lipinski definition) is 3. The highest BCUT2D eigenvalue weighted by Crippen LogP contribution is 2.32.